The lowest BCUT2D eigenvalue weighted by Crippen LogP contribution is -2.01. The van der Waals surface area contributed by atoms with E-state index in [1.165, 1.54) is 13.2 Å². The lowest BCUT2D eigenvalue weighted by molar-refractivity contribution is 0.0512. The number of halogens is 2. The Bertz CT molecular complexity index is 916. The summed E-state index contributed by atoms with van der Waals surface area (Å²) >= 11 is 12.2. The van der Waals surface area contributed by atoms with Gasteiger partial charge in [-0.25, -0.2) is 4.79 Å². The number of fused-ring (bicyclic) bond motifs is 1. The van der Waals surface area contributed by atoms with Gasteiger partial charge in [0, 0.05) is 7.11 Å². The first-order chi connectivity index (χ1) is 11.6. The third-order valence-corrected chi connectivity index (χ3v) is 3.75. The van der Waals surface area contributed by atoms with Gasteiger partial charge in [-0.1, -0.05) is 29.3 Å². The molecule has 0 radical (unpaired) electrons. The second kappa shape index (κ2) is 7.13. The van der Waals surface area contributed by atoms with Gasteiger partial charge in [0.2, 0.25) is 0 Å². The number of para-hydroxylation sites is 1. The number of hydrogen-bond acceptors (Lipinski definition) is 5. The summed E-state index contributed by atoms with van der Waals surface area (Å²) in [6.45, 7) is 0.0921. The Hall–Kier alpha value is -2.21. The zero-order valence-corrected chi connectivity index (χ0v) is 14.1. The van der Waals surface area contributed by atoms with Crippen molar-refractivity contribution in [3.8, 4) is 17.2 Å². The molecule has 0 bridgehead atoms. The van der Waals surface area contributed by atoms with E-state index in [1.807, 2.05) is 0 Å². The Balaban J connectivity index is 2.10. The summed E-state index contributed by atoms with van der Waals surface area (Å²) in [4.78, 5) is 11.8. The molecule has 3 rings (SSSR count). The van der Waals surface area contributed by atoms with Crippen LogP contribution in [0.1, 0.15) is 0 Å². The largest absolute Gasteiger partial charge is 0.468 e. The normalized spacial score (nSPS) is 10.8. The summed E-state index contributed by atoms with van der Waals surface area (Å²) in [5, 5.41) is 1.20. The van der Waals surface area contributed by atoms with E-state index in [-0.39, 0.29) is 18.3 Å². The molecule has 0 aliphatic rings. The van der Waals surface area contributed by atoms with Crippen molar-refractivity contribution in [3.05, 3.63) is 62.9 Å². The van der Waals surface area contributed by atoms with Crippen molar-refractivity contribution in [1.29, 1.82) is 0 Å². The van der Waals surface area contributed by atoms with Gasteiger partial charge in [0.25, 0.3) is 0 Å². The van der Waals surface area contributed by atoms with Crippen molar-refractivity contribution < 1.29 is 18.6 Å². The van der Waals surface area contributed by atoms with Crippen LogP contribution in [0.4, 0.5) is 0 Å². The Morgan fingerprint density at radius 1 is 1.08 bits per heavy atom. The van der Waals surface area contributed by atoms with E-state index in [4.69, 9.17) is 41.8 Å². The van der Waals surface area contributed by atoms with Crippen molar-refractivity contribution in [1.82, 2.24) is 0 Å². The Morgan fingerprint density at radius 3 is 2.54 bits per heavy atom. The van der Waals surface area contributed by atoms with Gasteiger partial charge in [-0.3, -0.25) is 0 Å². The highest BCUT2D eigenvalue weighted by Gasteiger charge is 2.13. The molecule has 7 heteroatoms. The molecule has 24 heavy (non-hydrogen) atoms. The molecule has 0 aliphatic heterocycles. The Labute approximate surface area is 147 Å². The van der Waals surface area contributed by atoms with E-state index in [0.717, 1.165) is 0 Å². The quantitative estimate of drug-likeness (QED) is 0.475. The van der Waals surface area contributed by atoms with Gasteiger partial charge in [-0.15, -0.1) is 0 Å². The highest BCUT2D eigenvalue weighted by molar-refractivity contribution is 6.37. The van der Waals surface area contributed by atoms with E-state index < -0.39 is 5.63 Å². The van der Waals surface area contributed by atoms with E-state index >= 15 is 0 Å². The number of hydrogen-bond donors (Lipinski definition) is 0. The van der Waals surface area contributed by atoms with Crippen molar-refractivity contribution in [2.24, 2.45) is 0 Å². The first-order valence-electron chi connectivity index (χ1n) is 6.90. The molecule has 0 fully saturated rings. The molecular formula is C17H12Cl2O5. The van der Waals surface area contributed by atoms with Crippen LogP contribution in [0.5, 0.6) is 17.2 Å². The summed E-state index contributed by atoms with van der Waals surface area (Å²) < 4.78 is 21.2. The SMILES string of the molecule is COCOc1ccc2oc(=O)cc(Oc3c(Cl)cccc3Cl)c2c1. The van der Waals surface area contributed by atoms with Crippen molar-refractivity contribution in [2.45, 2.75) is 0 Å². The van der Waals surface area contributed by atoms with Crippen LogP contribution in [0.2, 0.25) is 10.0 Å². The van der Waals surface area contributed by atoms with E-state index in [9.17, 15) is 4.79 Å². The molecule has 0 aliphatic carbocycles. The first-order valence-corrected chi connectivity index (χ1v) is 7.65. The molecule has 1 heterocycles. The second-order valence-corrected chi connectivity index (χ2v) is 5.61. The molecule has 0 amide bonds. The molecule has 124 valence electrons. The summed E-state index contributed by atoms with van der Waals surface area (Å²) in [7, 11) is 1.52. The fraction of sp³-hybridized carbons (Fsp3) is 0.118. The molecule has 2 aromatic carbocycles. The lowest BCUT2D eigenvalue weighted by Gasteiger charge is -2.12. The van der Waals surface area contributed by atoms with Gasteiger partial charge >= 0.3 is 5.63 Å². The number of methoxy groups -OCH3 is 1. The fourth-order valence-corrected chi connectivity index (χ4v) is 2.58. The summed E-state index contributed by atoms with van der Waals surface area (Å²) in [6, 6.07) is 11.2. The van der Waals surface area contributed by atoms with Gasteiger partial charge < -0.3 is 18.6 Å². The Morgan fingerprint density at radius 2 is 1.83 bits per heavy atom. The zero-order chi connectivity index (χ0) is 17.1. The molecule has 0 N–H and O–H groups in total. The second-order valence-electron chi connectivity index (χ2n) is 4.79. The van der Waals surface area contributed by atoms with Crippen LogP contribution in [0.3, 0.4) is 0 Å². The topological polar surface area (TPSA) is 57.9 Å². The third-order valence-electron chi connectivity index (χ3n) is 3.15. The molecule has 1 aromatic heterocycles. The third kappa shape index (κ3) is 3.48. The zero-order valence-electron chi connectivity index (χ0n) is 12.5. The predicted octanol–water partition coefficient (Wildman–Crippen LogP) is 4.87. The van der Waals surface area contributed by atoms with Crippen molar-refractivity contribution >= 4 is 34.2 Å². The highest BCUT2D eigenvalue weighted by atomic mass is 35.5. The van der Waals surface area contributed by atoms with Crippen LogP contribution < -0.4 is 15.1 Å². The summed E-state index contributed by atoms with van der Waals surface area (Å²) in [6.07, 6.45) is 0. The molecule has 5 nitrogen and oxygen atoms in total. The van der Waals surface area contributed by atoms with Crippen molar-refractivity contribution in [3.63, 3.8) is 0 Å². The minimum atomic E-state index is -0.550. The van der Waals surface area contributed by atoms with Gasteiger partial charge in [-0.05, 0) is 30.3 Å². The average Bonchev–Trinajstić information content (AvgIpc) is 2.56. The minimum absolute atomic E-state index is 0.0921. The number of benzene rings is 2. The van der Waals surface area contributed by atoms with Crippen molar-refractivity contribution in [2.75, 3.05) is 13.9 Å². The standard InChI is InChI=1S/C17H12Cl2O5/c1-21-9-22-10-5-6-14-11(7-10)15(8-16(20)23-14)24-17-12(18)3-2-4-13(17)19/h2-8H,9H2,1H3. The van der Waals surface area contributed by atoms with Crippen LogP contribution in [0.15, 0.2) is 51.7 Å². The fourth-order valence-electron chi connectivity index (χ4n) is 2.10. The van der Waals surface area contributed by atoms with E-state index in [2.05, 4.69) is 0 Å². The number of rotatable bonds is 5. The maximum Gasteiger partial charge on any atom is 0.339 e. The van der Waals surface area contributed by atoms with Crippen LogP contribution in [-0.4, -0.2) is 13.9 Å². The average molecular weight is 367 g/mol. The lowest BCUT2D eigenvalue weighted by atomic mass is 10.2. The minimum Gasteiger partial charge on any atom is -0.468 e. The molecule has 0 spiro atoms. The smallest absolute Gasteiger partial charge is 0.339 e. The molecular weight excluding hydrogens is 355 g/mol. The maximum atomic E-state index is 11.8. The summed E-state index contributed by atoms with van der Waals surface area (Å²) in [5.74, 6) is 1.06. The first kappa shape index (κ1) is 16.6. The van der Waals surface area contributed by atoms with E-state index in [1.54, 1.807) is 36.4 Å². The molecule has 3 aromatic rings. The predicted molar refractivity (Wildman–Crippen MR) is 91.5 cm³/mol. The van der Waals surface area contributed by atoms with Gasteiger partial charge in [0.05, 0.1) is 21.5 Å². The molecule has 0 saturated heterocycles. The molecule has 0 saturated carbocycles. The van der Waals surface area contributed by atoms with Crippen LogP contribution in [0, 0.1) is 0 Å². The van der Waals surface area contributed by atoms with Crippen LogP contribution in [0.25, 0.3) is 11.0 Å². The van der Waals surface area contributed by atoms with E-state index in [0.29, 0.717) is 26.8 Å². The van der Waals surface area contributed by atoms with Gasteiger partial charge in [0.1, 0.15) is 17.1 Å². The monoisotopic (exact) mass is 366 g/mol. The maximum absolute atomic E-state index is 11.8. The molecule has 0 unspecified atom stereocenters. The van der Waals surface area contributed by atoms with Gasteiger partial charge in [0.15, 0.2) is 12.5 Å². The number of ether oxygens (including phenoxy) is 3. The highest BCUT2D eigenvalue weighted by Crippen LogP contribution is 2.38. The van der Waals surface area contributed by atoms with Crippen LogP contribution in [-0.2, 0) is 4.74 Å². The molecule has 0 atom stereocenters. The Kier molecular flexibility index (Phi) is 4.94. The van der Waals surface area contributed by atoms with Gasteiger partial charge in [-0.2, -0.15) is 0 Å². The van der Waals surface area contributed by atoms with Crippen LogP contribution >= 0.6 is 23.2 Å². The summed E-state index contributed by atoms with van der Waals surface area (Å²) in [5.41, 5.74) is -0.198.